The van der Waals surface area contributed by atoms with Crippen molar-refractivity contribution in [1.82, 2.24) is 0 Å². The number of nitrogens with two attached hydrogens (primary N) is 2. The summed E-state index contributed by atoms with van der Waals surface area (Å²) in [7, 11) is 0. The Morgan fingerprint density at radius 3 is 2.33 bits per heavy atom. The fourth-order valence-corrected chi connectivity index (χ4v) is 1.19. The zero-order chi connectivity index (χ0) is 12.3. The number of phenols is 1. The van der Waals surface area contributed by atoms with Crippen molar-refractivity contribution in [3.63, 3.8) is 0 Å². The molecule has 0 radical (unpaired) electrons. The molecule has 0 aliphatic carbocycles. The Bertz CT molecular complexity index is 440. The number of aromatic hydroxyl groups is 1. The summed E-state index contributed by atoms with van der Waals surface area (Å²) in [5.41, 5.74) is 10.7. The van der Waals surface area contributed by atoms with Crippen molar-refractivity contribution >= 4 is 65.4 Å². The molecule has 8 heteroatoms. The summed E-state index contributed by atoms with van der Waals surface area (Å²) in [6.45, 7) is 0. The Morgan fingerprint density at radius 1 is 1.28 bits per heavy atom. The van der Waals surface area contributed by atoms with E-state index in [-0.39, 0.29) is 71.4 Å². The highest BCUT2D eigenvalue weighted by atomic mass is 127. The van der Waals surface area contributed by atoms with Crippen LogP contribution in [0.2, 0.25) is 0 Å². The first kappa shape index (κ1) is 19.7. The van der Waals surface area contributed by atoms with Crippen molar-refractivity contribution in [3.05, 3.63) is 23.8 Å². The van der Waals surface area contributed by atoms with Gasteiger partial charge in [0.2, 0.25) is 0 Å². The van der Waals surface area contributed by atoms with E-state index < -0.39 is 17.8 Å². The van der Waals surface area contributed by atoms with E-state index in [1.54, 1.807) is 0 Å². The fourth-order valence-electron chi connectivity index (χ4n) is 1.19. The number of carbonyl (C=O) groups excluding carboxylic acids is 1. The molecule has 0 saturated heterocycles. The quantitative estimate of drug-likeness (QED) is 0.222. The van der Waals surface area contributed by atoms with E-state index in [1.165, 1.54) is 18.2 Å². The van der Waals surface area contributed by atoms with Crippen LogP contribution in [-0.2, 0) is 4.79 Å². The number of anilines is 1. The van der Waals surface area contributed by atoms with Gasteiger partial charge in [0.25, 0.3) is 0 Å². The molecular formula is C10H14I2N2O4. The lowest BCUT2D eigenvalue weighted by molar-refractivity contribution is -0.138. The largest absolute Gasteiger partial charge is 0.506 e. The third kappa shape index (κ3) is 4.94. The van der Waals surface area contributed by atoms with E-state index in [0.717, 1.165) is 0 Å². The minimum absolute atomic E-state index is 0. The van der Waals surface area contributed by atoms with E-state index in [4.69, 9.17) is 16.6 Å². The third-order valence-corrected chi connectivity index (χ3v) is 2.11. The van der Waals surface area contributed by atoms with Crippen molar-refractivity contribution in [1.29, 1.82) is 0 Å². The van der Waals surface area contributed by atoms with E-state index in [1.807, 2.05) is 0 Å². The molecular weight excluding hydrogens is 466 g/mol. The molecule has 0 aromatic heterocycles. The third-order valence-electron chi connectivity index (χ3n) is 2.11. The van der Waals surface area contributed by atoms with Crippen molar-refractivity contribution < 1.29 is 19.8 Å². The number of halogens is 2. The zero-order valence-corrected chi connectivity index (χ0v) is 13.9. The zero-order valence-electron chi connectivity index (χ0n) is 9.20. The first-order valence-corrected chi connectivity index (χ1v) is 4.52. The molecule has 1 unspecified atom stereocenters. The van der Waals surface area contributed by atoms with Crippen LogP contribution in [0.15, 0.2) is 18.2 Å². The van der Waals surface area contributed by atoms with Gasteiger partial charge in [-0.15, -0.1) is 48.0 Å². The summed E-state index contributed by atoms with van der Waals surface area (Å²) < 4.78 is 0. The number of carbonyl (C=O) groups is 2. The molecule has 0 saturated carbocycles. The Balaban J connectivity index is 0. The molecule has 1 rings (SSSR count). The van der Waals surface area contributed by atoms with Gasteiger partial charge in [0.1, 0.15) is 11.8 Å². The second kappa shape index (κ2) is 8.48. The van der Waals surface area contributed by atoms with Gasteiger partial charge < -0.3 is 21.7 Å². The summed E-state index contributed by atoms with van der Waals surface area (Å²) in [6, 6.07) is 2.93. The molecule has 0 aliphatic heterocycles. The van der Waals surface area contributed by atoms with Gasteiger partial charge in [-0.05, 0) is 12.1 Å². The summed E-state index contributed by atoms with van der Waals surface area (Å²) in [5.74, 6) is -1.98. The van der Waals surface area contributed by atoms with E-state index >= 15 is 0 Å². The average molecular weight is 480 g/mol. The molecule has 6 N–H and O–H groups in total. The maximum atomic E-state index is 11.6. The lowest BCUT2D eigenvalue weighted by atomic mass is 10.0. The van der Waals surface area contributed by atoms with Crippen LogP contribution in [0.3, 0.4) is 0 Å². The van der Waals surface area contributed by atoms with Gasteiger partial charge in [0, 0.05) is 12.0 Å². The number of carboxylic acids is 1. The average Bonchev–Trinajstić information content (AvgIpc) is 2.21. The van der Waals surface area contributed by atoms with Gasteiger partial charge in [0.05, 0.1) is 5.69 Å². The second-order valence-corrected chi connectivity index (χ2v) is 3.31. The maximum absolute atomic E-state index is 11.6. The van der Waals surface area contributed by atoms with Gasteiger partial charge in [0.15, 0.2) is 5.78 Å². The summed E-state index contributed by atoms with van der Waals surface area (Å²) >= 11 is 0. The first-order chi connectivity index (χ1) is 7.43. The predicted octanol–water partition coefficient (Wildman–Crippen LogP) is 1.20. The number of hydrogen-bond donors (Lipinski definition) is 4. The lowest BCUT2D eigenvalue weighted by Gasteiger charge is -2.08. The molecule has 102 valence electrons. The van der Waals surface area contributed by atoms with Gasteiger partial charge >= 0.3 is 5.97 Å². The van der Waals surface area contributed by atoms with Crippen molar-refractivity contribution in [2.45, 2.75) is 12.5 Å². The number of aliphatic carboxylic acids is 1. The van der Waals surface area contributed by atoms with Crippen molar-refractivity contribution in [2.24, 2.45) is 5.73 Å². The van der Waals surface area contributed by atoms with Crippen LogP contribution in [0.4, 0.5) is 5.69 Å². The number of benzene rings is 1. The Kier molecular flexibility index (Phi) is 9.28. The number of hydrogen-bond acceptors (Lipinski definition) is 5. The number of carboxylic acid groups (broad SMARTS) is 1. The lowest BCUT2D eigenvalue weighted by Crippen LogP contribution is -2.32. The van der Waals surface area contributed by atoms with Gasteiger partial charge in [-0.1, -0.05) is 6.07 Å². The molecule has 0 amide bonds. The number of phenolic OH excluding ortho intramolecular Hbond substituents is 1. The monoisotopic (exact) mass is 480 g/mol. The normalized spacial score (nSPS) is 10.7. The number of Topliss-reactive ketones (excluding diaryl/α,β-unsaturated/α-hetero) is 1. The molecule has 6 nitrogen and oxygen atoms in total. The van der Waals surface area contributed by atoms with Crippen molar-refractivity contribution in [3.8, 4) is 5.75 Å². The minimum atomic E-state index is -1.27. The van der Waals surface area contributed by atoms with Crippen LogP contribution in [-0.4, -0.2) is 28.0 Å². The Hall–Kier alpha value is -0.620. The molecule has 0 bridgehead atoms. The Labute approximate surface area is 138 Å². The highest BCUT2D eigenvalue weighted by Gasteiger charge is 2.19. The van der Waals surface area contributed by atoms with Crippen LogP contribution < -0.4 is 11.5 Å². The first-order valence-electron chi connectivity index (χ1n) is 4.52. The van der Waals surface area contributed by atoms with E-state index in [0.29, 0.717) is 0 Å². The highest BCUT2D eigenvalue weighted by Crippen LogP contribution is 2.24. The van der Waals surface area contributed by atoms with Crippen molar-refractivity contribution in [2.75, 3.05) is 5.73 Å². The smallest absolute Gasteiger partial charge is 0.320 e. The molecule has 0 heterocycles. The second-order valence-electron chi connectivity index (χ2n) is 3.31. The minimum Gasteiger partial charge on any atom is -0.506 e. The van der Waals surface area contributed by atoms with Crippen LogP contribution in [0, 0.1) is 0 Å². The number of nitrogen functional groups attached to an aromatic ring is 1. The molecule has 0 spiro atoms. The molecule has 1 atom stereocenters. The topological polar surface area (TPSA) is 127 Å². The summed E-state index contributed by atoms with van der Waals surface area (Å²) in [6.07, 6.45) is -0.358. The summed E-state index contributed by atoms with van der Waals surface area (Å²) in [5, 5.41) is 17.8. The molecule has 0 aliphatic rings. The van der Waals surface area contributed by atoms with Gasteiger partial charge in [-0.3, -0.25) is 9.59 Å². The fraction of sp³-hybridized carbons (Fsp3) is 0.200. The molecule has 1 aromatic carbocycles. The molecule has 0 fully saturated rings. The predicted molar refractivity (Wildman–Crippen MR) is 87.9 cm³/mol. The number of rotatable bonds is 4. The van der Waals surface area contributed by atoms with Crippen LogP contribution >= 0.6 is 48.0 Å². The number of para-hydroxylation sites is 1. The number of ketones is 1. The highest BCUT2D eigenvalue weighted by molar-refractivity contribution is 14.0. The maximum Gasteiger partial charge on any atom is 0.320 e. The van der Waals surface area contributed by atoms with E-state index in [2.05, 4.69) is 0 Å². The standard InChI is InChI=1S/C10H12N2O4.2HI/c11-6(10(15)16)4-8(14)5-2-1-3-7(13)9(5)12;;/h1-3,6,13H,4,11-12H2,(H,15,16);2*1H. The van der Waals surface area contributed by atoms with Gasteiger partial charge in [-0.2, -0.15) is 0 Å². The molecule has 1 aromatic rings. The summed E-state index contributed by atoms with van der Waals surface area (Å²) in [4.78, 5) is 22.1. The van der Waals surface area contributed by atoms with Gasteiger partial charge in [-0.25, -0.2) is 0 Å². The Morgan fingerprint density at radius 2 is 1.83 bits per heavy atom. The van der Waals surface area contributed by atoms with Crippen LogP contribution in [0.25, 0.3) is 0 Å². The van der Waals surface area contributed by atoms with Crippen LogP contribution in [0.1, 0.15) is 16.8 Å². The van der Waals surface area contributed by atoms with Crippen LogP contribution in [0.5, 0.6) is 5.75 Å². The molecule has 18 heavy (non-hydrogen) atoms. The van der Waals surface area contributed by atoms with E-state index in [9.17, 15) is 14.7 Å². The SMILES string of the molecule is I.I.Nc1c(O)cccc1C(=O)CC(N)C(=O)O.